The maximum Gasteiger partial charge on any atom is 0.258 e. The van der Waals surface area contributed by atoms with E-state index < -0.39 is 0 Å². The second-order valence-corrected chi connectivity index (χ2v) is 8.41. The average molecular weight is 447 g/mol. The summed E-state index contributed by atoms with van der Waals surface area (Å²) in [6.45, 7) is 1.76. The molecule has 32 heavy (non-hydrogen) atoms. The van der Waals surface area contributed by atoms with E-state index in [2.05, 4.69) is 12.1 Å². The number of aromatic nitrogens is 1. The van der Waals surface area contributed by atoms with Crippen LogP contribution in [0.3, 0.4) is 0 Å². The molecule has 2 heterocycles. The summed E-state index contributed by atoms with van der Waals surface area (Å²) in [5.41, 5.74) is 6.79. The molecule has 1 aromatic heterocycles. The Hall–Kier alpha value is -3.31. The van der Waals surface area contributed by atoms with Gasteiger partial charge in [0.25, 0.3) is 5.56 Å². The Morgan fingerprint density at radius 2 is 1.91 bits per heavy atom. The topological polar surface area (TPSA) is 51.5 Å². The third-order valence-electron chi connectivity index (χ3n) is 6.14. The second-order valence-electron chi connectivity index (χ2n) is 8.14. The Morgan fingerprint density at radius 3 is 2.69 bits per heavy atom. The van der Waals surface area contributed by atoms with Crippen molar-refractivity contribution in [1.29, 1.82) is 0 Å². The molecule has 6 heteroatoms. The van der Waals surface area contributed by atoms with Crippen LogP contribution in [0.15, 0.2) is 77.2 Å². The average Bonchev–Trinajstić information content (AvgIpc) is 3.20. The van der Waals surface area contributed by atoms with Crippen LogP contribution < -0.4 is 10.3 Å². The minimum atomic E-state index is -0.134. The van der Waals surface area contributed by atoms with Gasteiger partial charge in [-0.15, -0.1) is 11.6 Å². The minimum absolute atomic E-state index is 0.0176. The van der Waals surface area contributed by atoms with Gasteiger partial charge >= 0.3 is 0 Å². The van der Waals surface area contributed by atoms with Crippen LogP contribution in [0.2, 0.25) is 0 Å². The van der Waals surface area contributed by atoms with Crippen LogP contribution >= 0.6 is 11.6 Å². The molecule has 3 aromatic rings. The molecule has 1 aliphatic carbocycles. The third kappa shape index (κ3) is 3.96. The van der Waals surface area contributed by atoms with Crippen molar-refractivity contribution in [3.8, 4) is 11.4 Å². The van der Waals surface area contributed by atoms with Crippen molar-refractivity contribution in [2.45, 2.75) is 19.4 Å². The number of carbonyl (C=O) groups is 1. The molecule has 0 unspecified atom stereocenters. The van der Waals surface area contributed by atoms with E-state index >= 15 is 0 Å². The highest BCUT2D eigenvalue weighted by atomic mass is 35.5. The number of benzene rings is 2. The van der Waals surface area contributed by atoms with Gasteiger partial charge in [-0.25, -0.2) is 0 Å². The Morgan fingerprint density at radius 1 is 1.06 bits per heavy atom. The fourth-order valence-electron chi connectivity index (χ4n) is 4.52. The molecule has 2 aliphatic rings. The maximum absolute atomic E-state index is 12.8. The van der Waals surface area contributed by atoms with E-state index in [-0.39, 0.29) is 17.3 Å². The maximum atomic E-state index is 12.8. The molecule has 0 fully saturated rings. The number of rotatable bonds is 5. The van der Waals surface area contributed by atoms with Crippen LogP contribution in [0.5, 0.6) is 5.75 Å². The molecule has 162 valence electrons. The lowest BCUT2D eigenvalue weighted by atomic mass is 9.99. The number of amides is 1. The molecule has 1 amide bonds. The van der Waals surface area contributed by atoms with E-state index in [4.69, 9.17) is 16.3 Å². The van der Waals surface area contributed by atoms with Crippen LogP contribution in [0.4, 0.5) is 0 Å². The van der Waals surface area contributed by atoms with Gasteiger partial charge in [-0.05, 0) is 58.9 Å². The van der Waals surface area contributed by atoms with E-state index in [1.807, 2.05) is 47.4 Å². The Bertz CT molecular complexity index is 1260. The Kier molecular flexibility index (Phi) is 5.58. The summed E-state index contributed by atoms with van der Waals surface area (Å²) in [6, 6.07) is 19.4. The summed E-state index contributed by atoms with van der Waals surface area (Å²) in [6.07, 6.45) is 3.41. The summed E-state index contributed by atoms with van der Waals surface area (Å²) in [5.74, 6) is 0.557. The smallest absolute Gasteiger partial charge is 0.258 e. The quantitative estimate of drug-likeness (QED) is 0.552. The fourth-order valence-corrected chi connectivity index (χ4v) is 4.69. The zero-order valence-corrected chi connectivity index (χ0v) is 18.3. The van der Waals surface area contributed by atoms with Gasteiger partial charge in [-0.2, -0.15) is 0 Å². The third-order valence-corrected chi connectivity index (χ3v) is 6.37. The molecule has 5 rings (SSSR count). The van der Waals surface area contributed by atoms with Crippen LogP contribution in [0, 0.1) is 0 Å². The van der Waals surface area contributed by atoms with E-state index in [0.29, 0.717) is 25.4 Å². The highest BCUT2D eigenvalue weighted by molar-refractivity contribution is 6.27. The molecule has 0 N–H and O–H groups in total. The van der Waals surface area contributed by atoms with Gasteiger partial charge in [0, 0.05) is 31.0 Å². The molecule has 0 spiro atoms. The molecule has 2 aromatic carbocycles. The zero-order chi connectivity index (χ0) is 22.1. The predicted molar refractivity (Wildman–Crippen MR) is 125 cm³/mol. The molecule has 0 radical (unpaired) electrons. The van der Waals surface area contributed by atoms with E-state index in [9.17, 15) is 9.59 Å². The normalized spacial score (nSPS) is 14.8. The molecule has 0 bridgehead atoms. The molecule has 1 aliphatic heterocycles. The lowest BCUT2D eigenvalue weighted by Crippen LogP contribution is -2.37. The van der Waals surface area contributed by atoms with Gasteiger partial charge in [0.2, 0.25) is 5.91 Å². The molecule has 0 atom stereocenters. The number of alkyl halides is 1. The van der Waals surface area contributed by atoms with Gasteiger partial charge in [0.1, 0.15) is 18.2 Å². The summed E-state index contributed by atoms with van der Waals surface area (Å²) in [5, 5.41) is 0. The first-order chi connectivity index (χ1) is 15.6. The van der Waals surface area contributed by atoms with Crippen LogP contribution in [0.25, 0.3) is 11.3 Å². The largest absolute Gasteiger partial charge is 0.489 e. The first-order valence-electron chi connectivity index (χ1n) is 10.7. The number of ether oxygens (including phenoxy) is 1. The van der Waals surface area contributed by atoms with Crippen LogP contribution in [-0.4, -0.2) is 34.3 Å². The van der Waals surface area contributed by atoms with Crippen molar-refractivity contribution >= 4 is 23.1 Å². The number of pyridine rings is 1. The van der Waals surface area contributed by atoms with E-state index in [0.717, 1.165) is 24.1 Å². The van der Waals surface area contributed by atoms with Gasteiger partial charge in [0.05, 0.1) is 0 Å². The lowest BCUT2D eigenvalue weighted by molar-refractivity contribution is -0.128. The fraction of sp³-hybridized carbons (Fsp3) is 0.231. The minimum Gasteiger partial charge on any atom is -0.489 e. The molecule has 0 saturated carbocycles. The summed E-state index contributed by atoms with van der Waals surface area (Å²) in [4.78, 5) is 26.6. The van der Waals surface area contributed by atoms with E-state index in [1.54, 1.807) is 10.8 Å². The van der Waals surface area contributed by atoms with Crippen molar-refractivity contribution in [3.63, 3.8) is 0 Å². The van der Waals surface area contributed by atoms with Crippen molar-refractivity contribution in [1.82, 2.24) is 9.47 Å². The SMILES string of the molecule is O=C(CCl)N1CCC2=C(Cc3cc(-n4ccc(OCc5ccccc5)cc4=O)ccc32)C1. The Labute approximate surface area is 191 Å². The summed E-state index contributed by atoms with van der Waals surface area (Å²) >= 11 is 5.73. The standard InChI is InChI=1S/C26H23ClN2O3/c27-15-26(31)28-10-9-24-20(16-28)12-19-13-21(6-7-23(19)24)29-11-8-22(14-25(29)30)32-17-18-4-2-1-3-5-18/h1-8,11,13-14H,9-10,12,15-17H2. The van der Waals surface area contributed by atoms with E-state index in [1.165, 1.54) is 28.3 Å². The summed E-state index contributed by atoms with van der Waals surface area (Å²) < 4.78 is 7.41. The van der Waals surface area contributed by atoms with Gasteiger partial charge in [-0.3, -0.25) is 14.2 Å². The predicted octanol–water partition coefficient (Wildman–Crippen LogP) is 4.20. The highest BCUT2D eigenvalue weighted by Gasteiger charge is 2.28. The number of hydrogen-bond donors (Lipinski definition) is 0. The van der Waals surface area contributed by atoms with Crippen molar-refractivity contribution in [2.75, 3.05) is 19.0 Å². The van der Waals surface area contributed by atoms with Crippen LogP contribution in [-0.2, 0) is 17.8 Å². The first kappa shape index (κ1) is 20.6. The van der Waals surface area contributed by atoms with Gasteiger partial charge < -0.3 is 9.64 Å². The lowest BCUT2D eigenvalue weighted by Gasteiger charge is -2.28. The number of nitrogens with zero attached hydrogens (tertiary/aromatic N) is 2. The monoisotopic (exact) mass is 446 g/mol. The molecular formula is C26H23ClN2O3. The van der Waals surface area contributed by atoms with Crippen molar-refractivity contribution in [3.05, 3.63) is 99.5 Å². The van der Waals surface area contributed by atoms with Gasteiger partial charge in [0.15, 0.2) is 0 Å². The number of carbonyl (C=O) groups excluding carboxylic acids is 1. The molecule has 0 saturated heterocycles. The highest BCUT2D eigenvalue weighted by Crippen LogP contribution is 2.38. The van der Waals surface area contributed by atoms with Crippen molar-refractivity contribution in [2.24, 2.45) is 0 Å². The first-order valence-corrected chi connectivity index (χ1v) is 11.2. The van der Waals surface area contributed by atoms with Crippen LogP contribution in [0.1, 0.15) is 23.1 Å². The molecule has 5 nitrogen and oxygen atoms in total. The molecular weight excluding hydrogens is 424 g/mol. The second kappa shape index (κ2) is 8.67. The van der Waals surface area contributed by atoms with Gasteiger partial charge in [-0.1, -0.05) is 36.4 Å². The number of fused-ring (bicyclic) bond motifs is 2. The number of hydrogen-bond acceptors (Lipinski definition) is 3. The van der Waals surface area contributed by atoms with Crippen molar-refractivity contribution < 1.29 is 9.53 Å². The zero-order valence-electron chi connectivity index (χ0n) is 17.6. The summed E-state index contributed by atoms with van der Waals surface area (Å²) in [7, 11) is 0. The Balaban J connectivity index is 1.33. The number of halogens is 1.